The standard InChI is InChI=1S/C11H14N2O/c14-11(10-8-13-10)12-7-6-9-4-2-1-3-5-9/h1-5,10,13H,6-8H2,(H,12,14). The van der Waals surface area contributed by atoms with Gasteiger partial charge in [-0.05, 0) is 12.0 Å². The van der Waals surface area contributed by atoms with Crippen molar-refractivity contribution in [1.29, 1.82) is 0 Å². The van der Waals surface area contributed by atoms with Gasteiger partial charge >= 0.3 is 0 Å². The van der Waals surface area contributed by atoms with Crippen LogP contribution >= 0.6 is 0 Å². The van der Waals surface area contributed by atoms with E-state index in [0.29, 0.717) is 0 Å². The molecule has 0 aliphatic carbocycles. The van der Waals surface area contributed by atoms with E-state index < -0.39 is 0 Å². The van der Waals surface area contributed by atoms with Crippen molar-refractivity contribution in [1.82, 2.24) is 10.6 Å². The maximum absolute atomic E-state index is 11.2. The van der Waals surface area contributed by atoms with Gasteiger partial charge in [-0.15, -0.1) is 0 Å². The highest BCUT2D eigenvalue weighted by molar-refractivity contribution is 5.84. The third-order valence-electron chi connectivity index (χ3n) is 2.28. The van der Waals surface area contributed by atoms with Crippen molar-refractivity contribution < 1.29 is 4.79 Å². The second-order valence-electron chi connectivity index (χ2n) is 3.49. The number of hydrogen-bond acceptors (Lipinski definition) is 2. The van der Waals surface area contributed by atoms with E-state index in [1.807, 2.05) is 18.2 Å². The van der Waals surface area contributed by atoms with Gasteiger partial charge in [-0.1, -0.05) is 30.3 Å². The molecule has 1 saturated heterocycles. The number of rotatable bonds is 4. The first-order valence-corrected chi connectivity index (χ1v) is 4.91. The summed E-state index contributed by atoms with van der Waals surface area (Å²) in [4.78, 5) is 11.2. The van der Waals surface area contributed by atoms with Crippen molar-refractivity contribution in [2.45, 2.75) is 12.5 Å². The van der Waals surface area contributed by atoms with Crippen molar-refractivity contribution in [2.24, 2.45) is 0 Å². The first kappa shape index (κ1) is 9.21. The molecule has 74 valence electrons. The van der Waals surface area contributed by atoms with Gasteiger partial charge in [-0.25, -0.2) is 0 Å². The molecule has 1 aliphatic rings. The molecule has 1 aliphatic heterocycles. The van der Waals surface area contributed by atoms with E-state index in [0.717, 1.165) is 19.5 Å². The molecule has 0 radical (unpaired) electrons. The lowest BCUT2D eigenvalue weighted by atomic mass is 10.1. The second kappa shape index (κ2) is 4.24. The smallest absolute Gasteiger partial charge is 0.238 e. The zero-order valence-corrected chi connectivity index (χ0v) is 7.99. The zero-order chi connectivity index (χ0) is 9.80. The van der Waals surface area contributed by atoms with Gasteiger partial charge in [0.25, 0.3) is 0 Å². The van der Waals surface area contributed by atoms with Crippen LogP contribution in [0.4, 0.5) is 0 Å². The molecule has 1 aromatic carbocycles. The number of nitrogens with one attached hydrogen (secondary N) is 2. The second-order valence-corrected chi connectivity index (χ2v) is 3.49. The van der Waals surface area contributed by atoms with Gasteiger partial charge in [-0.2, -0.15) is 0 Å². The summed E-state index contributed by atoms with van der Waals surface area (Å²) < 4.78 is 0. The van der Waals surface area contributed by atoms with Crippen molar-refractivity contribution in [2.75, 3.05) is 13.1 Å². The quantitative estimate of drug-likeness (QED) is 0.672. The predicted molar refractivity (Wildman–Crippen MR) is 54.9 cm³/mol. The molecule has 2 rings (SSSR count). The lowest BCUT2D eigenvalue weighted by Gasteiger charge is -2.03. The van der Waals surface area contributed by atoms with E-state index in [9.17, 15) is 4.79 Å². The minimum atomic E-state index is 0.0748. The third-order valence-corrected chi connectivity index (χ3v) is 2.28. The Morgan fingerprint density at radius 1 is 1.43 bits per heavy atom. The highest BCUT2D eigenvalue weighted by Crippen LogP contribution is 1.99. The van der Waals surface area contributed by atoms with Crippen LogP contribution in [0, 0.1) is 0 Å². The summed E-state index contributed by atoms with van der Waals surface area (Å²) in [6.07, 6.45) is 0.902. The molecule has 0 aromatic heterocycles. The van der Waals surface area contributed by atoms with E-state index in [4.69, 9.17) is 0 Å². The van der Waals surface area contributed by atoms with Crippen LogP contribution in [0.25, 0.3) is 0 Å². The molecule has 14 heavy (non-hydrogen) atoms. The molecule has 1 unspecified atom stereocenters. The van der Waals surface area contributed by atoms with Crippen LogP contribution in [-0.4, -0.2) is 25.0 Å². The Labute approximate surface area is 83.5 Å². The number of amides is 1. The van der Waals surface area contributed by atoms with E-state index in [2.05, 4.69) is 22.8 Å². The highest BCUT2D eigenvalue weighted by Gasteiger charge is 2.27. The molecule has 1 atom stereocenters. The topological polar surface area (TPSA) is 51.0 Å². The molecule has 2 N–H and O–H groups in total. The van der Waals surface area contributed by atoms with E-state index >= 15 is 0 Å². The number of carbonyl (C=O) groups is 1. The molecule has 1 fully saturated rings. The zero-order valence-electron chi connectivity index (χ0n) is 7.99. The monoisotopic (exact) mass is 190 g/mol. The molecule has 0 bridgehead atoms. The Morgan fingerprint density at radius 3 is 2.79 bits per heavy atom. The lowest BCUT2D eigenvalue weighted by molar-refractivity contribution is -0.120. The predicted octanol–water partition coefficient (Wildman–Crippen LogP) is 0.317. The SMILES string of the molecule is O=C(NCCc1ccccc1)C1CN1. The largest absolute Gasteiger partial charge is 0.354 e. The van der Waals surface area contributed by atoms with Crippen molar-refractivity contribution in [3.8, 4) is 0 Å². The molecule has 1 amide bonds. The van der Waals surface area contributed by atoms with Crippen LogP contribution in [0.2, 0.25) is 0 Å². The van der Waals surface area contributed by atoms with E-state index in [1.165, 1.54) is 5.56 Å². The number of benzene rings is 1. The summed E-state index contributed by atoms with van der Waals surface area (Å²) in [5.74, 6) is 0.126. The highest BCUT2D eigenvalue weighted by atomic mass is 16.2. The number of hydrogen-bond donors (Lipinski definition) is 2. The summed E-state index contributed by atoms with van der Waals surface area (Å²) in [5, 5.41) is 5.86. The van der Waals surface area contributed by atoms with Crippen LogP contribution in [-0.2, 0) is 11.2 Å². The Hall–Kier alpha value is -1.35. The molecule has 1 aromatic rings. The Morgan fingerprint density at radius 2 is 2.14 bits per heavy atom. The van der Waals surface area contributed by atoms with Crippen LogP contribution in [0.1, 0.15) is 5.56 Å². The Balaban J connectivity index is 1.70. The van der Waals surface area contributed by atoms with Crippen LogP contribution in [0.15, 0.2) is 30.3 Å². The van der Waals surface area contributed by atoms with Gasteiger partial charge in [-0.3, -0.25) is 4.79 Å². The first-order chi connectivity index (χ1) is 6.86. The Bertz CT molecular complexity index is 306. The average molecular weight is 190 g/mol. The first-order valence-electron chi connectivity index (χ1n) is 4.91. The van der Waals surface area contributed by atoms with Crippen LogP contribution < -0.4 is 10.6 Å². The lowest BCUT2D eigenvalue weighted by Crippen LogP contribution is -2.30. The van der Waals surface area contributed by atoms with Crippen molar-refractivity contribution in [3.63, 3.8) is 0 Å². The molecular formula is C11H14N2O. The molecule has 3 nitrogen and oxygen atoms in total. The normalized spacial score (nSPS) is 19.0. The number of carbonyl (C=O) groups excluding carboxylic acids is 1. The summed E-state index contributed by atoms with van der Waals surface area (Å²) in [6, 6.07) is 10.2. The van der Waals surface area contributed by atoms with Gasteiger partial charge in [0, 0.05) is 13.1 Å². The average Bonchev–Trinajstić information content (AvgIpc) is 3.02. The van der Waals surface area contributed by atoms with E-state index in [1.54, 1.807) is 0 Å². The van der Waals surface area contributed by atoms with Crippen molar-refractivity contribution in [3.05, 3.63) is 35.9 Å². The molecule has 0 saturated carbocycles. The van der Waals surface area contributed by atoms with Crippen LogP contribution in [0.5, 0.6) is 0 Å². The fraction of sp³-hybridized carbons (Fsp3) is 0.364. The van der Waals surface area contributed by atoms with E-state index in [-0.39, 0.29) is 11.9 Å². The maximum atomic E-state index is 11.2. The molecule has 1 heterocycles. The summed E-state index contributed by atoms with van der Waals surface area (Å²) in [5.41, 5.74) is 1.26. The fourth-order valence-electron chi connectivity index (χ4n) is 1.34. The summed E-state index contributed by atoms with van der Waals surface area (Å²) in [6.45, 7) is 1.55. The van der Waals surface area contributed by atoms with Gasteiger partial charge in [0.2, 0.25) is 5.91 Å². The minimum Gasteiger partial charge on any atom is -0.354 e. The van der Waals surface area contributed by atoms with Gasteiger partial charge < -0.3 is 10.6 Å². The van der Waals surface area contributed by atoms with Crippen LogP contribution in [0.3, 0.4) is 0 Å². The van der Waals surface area contributed by atoms with Gasteiger partial charge in [0.05, 0.1) is 6.04 Å². The maximum Gasteiger partial charge on any atom is 0.238 e. The van der Waals surface area contributed by atoms with Gasteiger partial charge in [0.15, 0.2) is 0 Å². The molecular weight excluding hydrogens is 176 g/mol. The molecule has 0 spiro atoms. The Kier molecular flexibility index (Phi) is 2.79. The minimum absolute atomic E-state index is 0.0748. The molecule has 3 heteroatoms. The summed E-state index contributed by atoms with van der Waals surface area (Å²) in [7, 11) is 0. The fourth-order valence-corrected chi connectivity index (χ4v) is 1.34. The third kappa shape index (κ3) is 2.57. The summed E-state index contributed by atoms with van der Waals surface area (Å²) >= 11 is 0. The van der Waals surface area contributed by atoms with Gasteiger partial charge in [0.1, 0.15) is 0 Å². The van der Waals surface area contributed by atoms with Crippen molar-refractivity contribution >= 4 is 5.91 Å².